The zero-order valence-corrected chi connectivity index (χ0v) is 11.4. The molecular weight excluding hydrogens is 242 g/mol. The topological polar surface area (TPSA) is 58.4 Å². The van der Waals surface area contributed by atoms with Gasteiger partial charge in [-0.2, -0.15) is 0 Å². The first kappa shape index (κ1) is 12.7. The zero-order chi connectivity index (χ0) is 13.2. The number of nitrogens with zero attached hydrogens (tertiary/aromatic N) is 2. The molecule has 5 nitrogen and oxygen atoms in total. The molecule has 2 atom stereocenters. The molecule has 0 aromatic carbocycles. The molecule has 0 spiro atoms. The molecule has 0 radical (unpaired) electrons. The third-order valence-corrected chi connectivity index (χ3v) is 4.13. The summed E-state index contributed by atoms with van der Waals surface area (Å²) in [7, 11) is 0. The monoisotopic (exact) mass is 263 g/mol. The van der Waals surface area contributed by atoms with Crippen molar-refractivity contribution in [2.45, 2.75) is 51.1 Å². The van der Waals surface area contributed by atoms with E-state index in [0.29, 0.717) is 12.5 Å². The summed E-state index contributed by atoms with van der Waals surface area (Å²) in [5.41, 5.74) is 0.881. The third kappa shape index (κ3) is 2.66. The first-order chi connectivity index (χ1) is 9.24. The van der Waals surface area contributed by atoms with Gasteiger partial charge in [0.1, 0.15) is 0 Å². The predicted molar refractivity (Wildman–Crippen MR) is 70.6 cm³/mol. The molecule has 3 rings (SSSR count). The van der Waals surface area contributed by atoms with Crippen LogP contribution in [-0.4, -0.2) is 35.1 Å². The van der Waals surface area contributed by atoms with Gasteiger partial charge >= 0.3 is 0 Å². The first-order valence-corrected chi connectivity index (χ1v) is 7.20. The van der Waals surface area contributed by atoms with Crippen molar-refractivity contribution in [2.24, 2.45) is 0 Å². The van der Waals surface area contributed by atoms with E-state index in [1.165, 1.54) is 6.42 Å². The second-order valence-electron chi connectivity index (χ2n) is 5.61. The van der Waals surface area contributed by atoms with Gasteiger partial charge in [0.15, 0.2) is 5.76 Å². The lowest BCUT2D eigenvalue weighted by molar-refractivity contribution is -0.133. The molecule has 2 fully saturated rings. The Bertz CT molecular complexity index is 451. The van der Waals surface area contributed by atoms with Crippen LogP contribution in [0, 0.1) is 6.92 Å². The molecule has 2 aliphatic heterocycles. The lowest BCUT2D eigenvalue weighted by Crippen LogP contribution is -2.35. The van der Waals surface area contributed by atoms with Crippen LogP contribution in [0.4, 0.5) is 0 Å². The molecule has 19 heavy (non-hydrogen) atoms. The van der Waals surface area contributed by atoms with E-state index in [9.17, 15) is 4.79 Å². The van der Waals surface area contributed by atoms with Crippen molar-refractivity contribution in [2.75, 3.05) is 13.1 Å². The minimum Gasteiger partial charge on any atom is -0.359 e. The van der Waals surface area contributed by atoms with E-state index in [0.717, 1.165) is 43.8 Å². The average molecular weight is 263 g/mol. The number of rotatable bonds is 3. The average Bonchev–Trinajstić information content (AvgIpc) is 3.07. The molecule has 5 heteroatoms. The minimum atomic E-state index is 0.0927. The van der Waals surface area contributed by atoms with Gasteiger partial charge in [-0.1, -0.05) is 5.16 Å². The number of amides is 1. The lowest BCUT2D eigenvalue weighted by Gasteiger charge is -2.24. The minimum absolute atomic E-state index is 0.0927. The maximum atomic E-state index is 12.4. The Kier molecular flexibility index (Phi) is 3.55. The van der Waals surface area contributed by atoms with E-state index < -0.39 is 0 Å². The largest absolute Gasteiger partial charge is 0.359 e. The van der Waals surface area contributed by atoms with Crippen LogP contribution in [0.15, 0.2) is 10.6 Å². The summed E-state index contributed by atoms with van der Waals surface area (Å²) in [6, 6.07) is 2.41. The van der Waals surface area contributed by atoms with Crippen molar-refractivity contribution < 1.29 is 9.32 Å². The van der Waals surface area contributed by atoms with E-state index in [4.69, 9.17) is 4.52 Å². The fraction of sp³-hybridized carbons (Fsp3) is 0.714. The molecule has 1 aromatic rings. The van der Waals surface area contributed by atoms with Crippen LogP contribution in [-0.2, 0) is 4.79 Å². The second kappa shape index (κ2) is 5.33. The van der Waals surface area contributed by atoms with Gasteiger partial charge < -0.3 is 14.7 Å². The van der Waals surface area contributed by atoms with Gasteiger partial charge in [-0.05, 0) is 39.2 Å². The lowest BCUT2D eigenvalue weighted by atomic mass is 10.1. The number of likely N-dealkylation sites (tertiary alicyclic amines) is 1. The number of hydrogen-bond donors (Lipinski definition) is 1. The Labute approximate surface area is 113 Å². The highest BCUT2D eigenvalue weighted by Gasteiger charge is 2.33. The molecule has 2 saturated heterocycles. The van der Waals surface area contributed by atoms with Gasteiger partial charge in [0, 0.05) is 25.1 Å². The molecule has 2 aliphatic rings. The molecule has 1 amide bonds. The Morgan fingerprint density at radius 1 is 1.53 bits per heavy atom. The normalized spacial score (nSPS) is 27.1. The molecule has 1 N–H and O–H groups in total. The van der Waals surface area contributed by atoms with Crippen LogP contribution in [0.25, 0.3) is 0 Å². The highest BCUT2D eigenvalue weighted by molar-refractivity contribution is 5.77. The standard InChI is InChI=1S/C14H21N3O2/c1-10-8-13(19-16-10)12-5-3-7-17(12)14(18)9-11-4-2-6-15-11/h8,11-12,15H,2-7,9H2,1H3. The number of carbonyl (C=O) groups excluding carboxylic acids is 1. The van der Waals surface area contributed by atoms with Crippen LogP contribution in [0.3, 0.4) is 0 Å². The highest BCUT2D eigenvalue weighted by Crippen LogP contribution is 2.33. The fourth-order valence-electron chi connectivity index (χ4n) is 3.16. The maximum absolute atomic E-state index is 12.4. The number of hydrogen-bond acceptors (Lipinski definition) is 4. The maximum Gasteiger partial charge on any atom is 0.224 e. The summed E-state index contributed by atoms with van der Waals surface area (Å²) in [5.74, 6) is 1.08. The predicted octanol–water partition coefficient (Wildman–Crippen LogP) is 1.79. The van der Waals surface area contributed by atoms with Gasteiger partial charge in [0.25, 0.3) is 0 Å². The molecule has 0 aliphatic carbocycles. The van der Waals surface area contributed by atoms with E-state index >= 15 is 0 Å². The Hall–Kier alpha value is -1.36. The summed E-state index contributed by atoms with van der Waals surface area (Å²) in [6.07, 6.45) is 4.95. The molecule has 0 bridgehead atoms. The van der Waals surface area contributed by atoms with E-state index in [1.54, 1.807) is 0 Å². The van der Waals surface area contributed by atoms with Crippen molar-refractivity contribution in [3.8, 4) is 0 Å². The highest BCUT2D eigenvalue weighted by atomic mass is 16.5. The van der Waals surface area contributed by atoms with Gasteiger partial charge in [-0.15, -0.1) is 0 Å². The summed E-state index contributed by atoms with van der Waals surface area (Å²) < 4.78 is 5.34. The van der Waals surface area contributed by atoms with E-state index in [2.05, 4.69) is 10.5 Å². The molecule has 1 aromatic heterocycles. The number of aromatic nitrogens is 1. The number of nitrogens with one attached hydrogen (secondary N) is 1. The van der Waals surface area contributed by atoms with Gasteiger partial charge in [0.2, 0.25) is 5.91 Å². The molecule has 3 heterocycles. The molecular formula is C14H21N3O2. The van der Waals surface area contributed by atoms with Crippen LogP contribution in [0.5, 0.6) is 0 Å². The van der Waals surface area contributed by atoms with Gasteiger partial charge in [-0.3, -0.25) is 4.79 Å². The Balaban J connectivity index is 1.66. The molecule has 0 saturated carbocycles. The van der Waals surface area contributed by atoms with Gasteiger partial charge in [0.05, 0.1) is 11.7 Å². The van der Waals surface area contributed by atoms with Crippen molar-refractivity contribution in [1.82, 2.24) is 15.4 Å². The number of carbonyl (C=O) groups is 1. The van der Waals surface area contributed by atoms with Crippen LogP contribution in [0.1, 0.15) is 49.6 Å². The van der Waals surface area contributed by atoms with Crippen molar-refractivity contribution >= 4 is 5.91 Å². The second-order valence-corrected chi connectivity index (χ2v) is 5.61. The fourth-order valence-corrected chi connectivity index (χ4v) is 3.16. The molecule has 104 valence electrons. The number of aryl methyl sites for hydroxylation is 1. The van der Waals surface area contributed by atoms with Crippen molar-refractivity contribution in [1.29, 1.82) is 0 Å². The van der Waals surface area contributed by atoms with Crippen molar-refractivity contribution in [3.05, 3.63) is 17.5 Å². The third-order valence-electron chi connectivity index (χ3n) is 4.13. The summed E-state index contributed by atoms with van der Waals surface area (Å²) in [5, 5.41) is 7.32. The zero-order valence-electron chi connectivity index (χ0n) is 11.4. The van der Waals surface area contributed by atoms with Crippen LogP contribution >= 0.6 is 0 Å². The first-order valence-electron chi connectivity index (χ1n) is 7.20. The summed E-state index contributed by atoms with van der Waals surface area (Å²) >= 11 is 0. The Morgan fingerprint density at radius 3 is 3.11 bits per heavy atom. The Morgan fingerprint density at radius 2 is 2.42 bits per heavy atom. The van der Waals surface area contributed by atoms with Crippen LogP contribution in [0.2, 0.25) is 0 Å². The van der Waals surface area contributed by atoms with E-state index in [1.807, 2.05) is 17.9 Å². The van der Waals surface area contributed by atoms with E-state index in [-0.39, 0.29) is 11.9 Å². The smallest absolute Gasteiger partial charge is 0.224 e. The quantitative estimate of drug-likeness (QED) is 0.903. The van der Waals surface area contributed by atoms with Gasteiger partial charge in [-0.25, -0.2) is 0 Å². The molecule has 2 unspecified atom stereocenters. The van der Waals surface area contributed by atoms with Crippen molar-refractivity contribution in [3.63, 3.8) is 0 Å². The van der Waals surface area contributed by atoms with Crippen LogP contribution < -0.4 is 5.32 Å². The summed E-state index contributed by atoms with van der Waals surface area (Å²) in [4.78, 5) is 14.4. The summed E-state index contributed by atoms with van der Waals surface area (Å²) in [6.45, 7) is 3.80. The SMILES string of the molecule is Cc1cc(C2CCCN2C(=O)CC2CCCN2)on1.